The molecule has 0 atom stereocenters. The van der Waals surface area contributed by atoms with Gasteiger partial charge in [-0.25, -0.2) is 12.8 Å². The van der Waals surface area contributed by atoms with E-state index >= 15 is 0 Å². The zero-order chi connectivity index (χ0) is 24.4. The Morgan fingerprint density at radius 1 is 1.03 bits per heavy atom. The Hall–Kier alpha value is -3.11. The summed E-state index contributed by atoms with van der Waals surface area (Å²) in [6, 6.07) is 14.0. The van der Waals surface area contributed by atoms with Gasteiger partial charge in [-0.1, -0.05) is 29.8 Å². The maximum atomic E-state index is 14.0. The minimum Gasteiger partial charge on any atom is -0.322 e. The van der Waals surface area contributed by atoms with Gasteiger partial charge in [-0.3, -0.25) is 9.10 Å². The topological polar surface area (TPSA) is 66.5 Å². The van der Waals surface area contributed by atoms with Crippen molar-refractivity contribution in [2.24, 2.45) is 0 Å². The van der Waals surface area contributed by atoms with Crippen LogP contribution in [0.15, 0.2) is 66.7 Å². The molecule has 0 aromatic heterocycles. The fraction of sp³-hybridized carbons (Fsp3) is 0.136. The summed E-state index contributed by atoms with van der Waals surface area (Å²) in [6.07, 6.45) is -3.72. The van der Waals surface area contributed by atoms with Gasteiger partial charge < -0.3 is 5.32 Å². The van der Waals surface area contributed by atoms with E-state index in [9.17, 15) is 30.8 Å². The fourth-order valence-corrected chi connectivity index (χ4v) is 4.09. The second-order valence-corrected chi connectivity index (χ2v) is 9.37. The number of carbonyl (C=O) groups excluding carboxylic acids is 1. The molecule has 0 heterocycles. The first-order valence-electron chi connectivity index (χ1n) is 9.35. The molecular weight excluding hydrogens is 484 g/mol. The highest BCUT2D eigenvalue weighted by Gasteiger charge is 2.33. The van der Waals surface area contributed by atoms with E-state index < -0.39 is 38.5 Å². The van der Waals surface area contributed by atoms with Crippen LogP contribution in [0, 0.1) is 5.82 Å². The van der Waals surface area contributed by atoms with Crippen LogP contribution in [0.25, 0.3) is 0 Å². The zero-order valence-corrected chi connectivity index (χ0v) is 18.6. The van der Waals surface area contributed by atoms with Crippen molar-refractivity contribution in [2.45, 2.75) is 12.7 Å². The average Bonchev–Trinajstić information content (AvgIpc) is 2.73. The first-order valence-corrected chi connectivity index (χ1v) is 11.6. The third-order valence-electron chi connectivity index (χ3n) is 4.62. The lowest BCUT2D eigenvalue weighted by molar-refractivity contribution is -0.137. The summed E-state index contributed by atoms with van der Waals surface area (Å²) in [5, 5.41) is 1.85. The van der Waals surface area contributed by atoms with Gasteiger partial charge in [0.2, 0.25) is 10.0 Å². The SMILES string of the molecule is CS(=O)(=O)N(Cc1ccccc1F)c1ccc(C(=O)Nc2ccc(Cl)c(C(F)(F)F)c2)cc1. The third kappa shape index (κ3) is 6.02. The van der Waals surface area contributed by atoms with Gasteiger partial charge in [0.05, 0.1) is 29.1 Å². The van der Waals surface area contributed by atoms with Crippen LogP contribution in [0.1, 0.15) is 21.5 Å². The van der Waals surface area contributed by atoms with Crippen LogP contribution >= 0.6 is 11.6 Å². The average molecular weight is 501 g/mol. The van der Waals surface area contributed by atoms with Crippen LogP contribution < -0.4 is 9.62 Å². The minimum absolute atomic E-state index is 0.0709. The van der Waals surface area contributed by atoms with E-state index in [2.05, 4.69) is 5.32 Å². The van der Waals surface area contributed by atoms with Gasteiger partial charge in [-0.05, 0) is 48.5 Å². The van der Waals surface area contributed by atoms with E-state index in [1.54, 1.807) is 6.07 Å². The molecule has 0 saturated heterocycles. The molecule has 0 aliphatic carbocycles. The number of halogens is 5. The van der Waals surface area contributed by atoms with Gasteiger partial charge in [-0.2, -0.15) is 13.2 Å². The summed E-state index contributed by atoms with van der Waals surface area (Å²) in [7, 11) is -3.79. The van der Waals surface area contributed by atoms with E-state index in [0.717, 1.165) is 16.6 Å². The molecule has 1 amide bonds. The van der Waals surface area contributed by atoms with Crippen molar-refractivity contribution in [3.8, 4) is 0 Å². The Kier molecular flexibility index (Phi) is 6.99. The molecule has 0 aliphatic heterocycles. The molecule has 3 aromatic rings. The summed E-state index contributed by atoms with van der Waals surface area (Å²) in [5.41, 5.74) is -0.787. The van der Waals surface area contributed by atoms with Gasteiger partial charge in [0.1, 0.15) is 5.82 Å². The third-order valence-corrected chi connectivity index (χ3v) is 6.09. The first kappa shape index (κ1) is 24.5. The number of nitrogens with zero attached hydrogens (tertiary/aromatic N) is 1. The quantitative estimate of drug-likeness (QED) is 0.440. The maximum Gasteiger partial charge on any atom is 0.417 e. The number of hydrogen-bond donors (Lipinski definition) is 1. The number of hydrogen-bond acceptors (Lipinski definition) is 3. The van der Waals surface area contributed by atoms with Crippen molar-refractivity contribution in [1.29, 1.82) is 0 Å². The number of rotatable bonds is 6. The highest BCUT2D eigenvalue weighted by atomic mass is 35.5. The number of anilines is 2. The number of alkyl halides is 3. The number of carbonyl (C=O) groups is 1. The number of sulfonamides is 1. The lowest BCUT2D eigenvalue weighted by atomic mass is 10.1. The van der Waals surface area contributed by atoms with E-state index in [0.29, 0.717) is 6.07 Å². The lowest BCUT2D eigenvalue weighted by Gasteiger charge is -2.23. The first-order chi connectivity index (χ1) is 15.4. The summed E-state index contributed by atoms with van der Waals surface area (Å²) in [4.78, 5) is 12.5. The minimum atomic E-state index is -4.69. The monoisotopic (exact) mass is 500 g/mol. The molecule has 1 N–H and O–H groups in total. The van der Waals surface area contributed by atoms with Crippen LogP contribution in [-0.4, -0.2) is 20.6 Å². The highest BCUT2D eigenvalue weighted by molar-refractivity contribution is 7.92. The number of amides is 1. The Bertz CT molecular complexity index is 1280. The fourth-order valence-electron chi connectivity index (χ4n) is 2.98. The normalized spacial score (nSPS) is 11.8. The molecule has 3 rings (SSSR count). The second kappa shape index (κ2) is 9.40. The maximum absolute atomic E-state index is 14.0. The molecular formula is C22H17ClF4N2O3S. The smallest absolute Gasteiger partial charge is 0.322 e. The lowest BCUT2D eigenvalue weighted by Crippen LogP contribution is -2.29. The van der Waals surface area contributed by atoms with Crippen molar-refractivity contribution >= 4 is 38.9 Å². The molecule has 0 spiro atoms. The van der Waals surface area contributed by atoms with Crippen molar-refractivity contribution < 1.29 is 30.8 Å². The van der Waals surface area contributed by atoms with E-state index in [1.807, 2.05) is 0 Å². The number of nitrogens with one attached hydrogen (secondary N) is 1. The van der Waals surface area contributed by atoms with Gasteiger partial charge >= 0.3 is 6.18 Å². The Morgan fingerprint density at radius 3 is 2.24 bits per heavy atom. The van der Waals surface area contributed by atoms with Crippen LogP contribution in [0.2, 0.25) is 5.02 Å². The van der Waals surface area contributed by atoms with Crippen LogP contribution in [0.4, 0.5) is 28.9 Å². The Balaban J connectivity index is 1.82. The molecule has 0 aliphatic rings. The zero-order valence-electron chi connectivity index (χ0n) is 17.0. The molecule has 0 fully saturated rings. The van der Waals surface area contributed by atoms with Crippen LogP contribution in [-0.2, 0) is 22.7 Å². The van der Waals surface area contributed by atoms with Crippen molar-refractivity contribution in [3.63, 3.8) is 0 Å². The molecule has 174 valence electrons. The summed E-state index contributed by atoms with van der Waals surface area (Å²) in [6.45, 7) is -0.262. The van der Waals surface area contributed by atoms with Gasteiger partial charge in [0, 0.05) is 16.8 Å². The molecule has 11 heteroatoms. The summed E-state index contributed by atoms with van der Waals surface area (Å²) >= 11 is 5.58. The van der Waals surface area contributed by atoms with Crippen molar-refractivity contribution in [3.05, 3.63) is 94.3 Å². The Labute approximate surface area is 192 Å². The Morgan fingerprint density at radius 2 is 1.67 bits per heavy atom. The van der Waals surface area contributed by atoms with Gasteiger partial charge in [-0.15, -0.1) is 0 Å². The van der Waals surface area contributed by atoms with E-state index in [4.69, 9.17) is 11.6 Å². The summed E-state index contributed by atoms with van der Waals surface area (Å²) in [5.74, 6) is -1.28. The molecule has 0 radical (unpaired) electrons. The van der Waals surface area contributed by atoms with Gasteiger partial charge in [0.25, 0.3) is 5.91 Å². The van der Waals surface area contributed by atoms with Crippen molar-refractivity contribution in [1.82, 2.24) is 0 Å². The number of benzene rings is 3. The molecule has 0 bridgehead atoms. The molecule has 33 heavy (non-hydrogen) atoms. The van der Waals surface area contributed by atoms with Crippen LogP contribution in [0.5, 0.6) is 0 Å². The standard InChI is InChI=1S/C22H17ClF4N2O3S/c1-33(31,32)29(13-15-4-2-3-5-20(15)24)17-9-6-14(7-10-17)21(30)28-16-8-11-19(23)18(12-16)22(25,26)27/h2-12H,13H2,1H3,(H,28,30). The largest absolute Gasteiger partial charge is 0.417 e. The van der Waals surface area contributed by atoms with Crippen LogP contribution in [0.3, 0.4) is 0 Å². The summed E-state index contributed by atoms with van der Waals surface area (Å²) < 4.78 is 78.6. The molecule has 3 aromatic carbocycles. The van der Waals surface area contributed by atoms with E-state index in [1.165, 1.54) is 48.5 Å². The van der Waals surface area contributed by atoms with Crippen molar-refractivity contribution in [2.75, 3.05) is 15.9 Å². The van der Waals surface area contributed by atoms with E-state index in [-0.39, 0.29) is 29.0 Å². The second-order valence-electron chi connectivity index (χ2n) is 7.05. The molecule has 5 nitrogen and oxygen atoms in total. The predicted octanol–water partition coefficient (Wildman–Crippen LogP) is 5.72. The molecule has 0 unspecified atom stereocenters. The highest BCUT2D eigenvalue weighted by Crippen LogP contribution is 2.36. The van der Waals surface area contributed by atoms with Gasteiger partial charge in [0.15, 0.2) is 0 Å². The molecule has 0 saturated carbocycles. The predicted molar refractivity (Wildman–Crippen MR) is 118 cm³/mol.